The fraction of sp³-hybridized carbons (Fsp3) is 1.00. The average Bonchev–Trinajstić information content (AvgIpc) is 2.68. The summed E-state index contributed by atoms with van der Waals surface area (Å²) in [5.74, 6) is 1.51. The Hall–Kier alpha value is -0.120. The smallest absolute Gasteiger partial charge is 0.0726 e. The Bertz CT molecular complexity index is 246. The van der Waals surface area contributed by atoms with Gasteiger partial charge in [-0.15, -0.1) is 0 Å². The van der Waals surface area contributed by atoms with Gasteiger partial charge in [0.2, 0.25) is 0 Å². The van der Waals surface area contributed by atoms with Crippen molar-refractivity contribution in [2.24, 2.45) is 17.6 Å². The second-order valence-corrected chi connectivity index (χ2v) is 6.10. The molecule has 0 bridgehead atoms. The molecule has 1 aliphatic carbocycles. The van der Waals surface area contributed by atoms with E-state index in [9.17, 15) is 0 Å². The first-order valence-corrected chi connectivity index (χ1v) is 7.22. The quantitative estimate of drug-likeness (QED) is 0.789. The lowest BCUT2D eigenvalue weighted by Gasteiger charge is -2.36. The lowest BCUT2D eigenvalue weighted by Crippen LogP contribution is -2.50. The van der Waals surface area contributed by atoms with Gasteiger partial charge in [-0.3, -0.25) is 0 Å². The Morgan fingerprint density at radius 3 is 2.59 bits per heavy atom. The molecule has 0 radical (unpaired) electrons. The molecule has 2 aliphatic rings. The summed E-state index contributed by atoms with van der Waals surface area (Å²) < 4.78 is 5.67. The van der Waals surface area contributed by atoms with E-state index in [0.29, 0.717) is 6.10 Å². The van der Waals surface area contributed by atoms with E-state index < -0.39 is 0 Å². The second kappa shape index (κ2) is 5.68. The van der Waals surface area contributed by atoms with Crippen LogP contribution in [0.1, 0.15) is 46.0 Å². The number of hydrogen-bond acceptors (Lipinski definition) is 3. The normalized spacial score (nSPS) is 42.9. The highest BCUT2D eigenvalue weighted by atomic mass is 16.5. The largest absolute Gasteiger partial charge is 0.377 e. The molecule has 0 amide bonds. The van der Waals surface area contributed by atoms with E-state index in [0.717, 1.165) is 38.0 Å². The second-order valence-electron chi connectivity index (χ2n) is 6.10. The van der Waals surface area contributed by atoms with Gasteiger partial charge < -0.3 is 15.8 Å². The number of nitrogens with one attached hydrogen (secondary N) is 1. The Morgan fingerprint density at radius 1 is 1.29 bits per heavy atom. The number of rotatable bonds is 4. The zero-order valence-corrected chi connectivity index (χ0v) is 11.4. The lowest BCUT2D eigenvalue weighted by atomic mass is 9.78. The Balaban J connectivity index is 1.84. The Morgan fingerprint density at radius 2 is 2.00 bits per heavy atom. The number of nitrogens with two attached hydrogens (primary N) is 1. The third kappa shape index (κ3) is 3.01. The van der Waals surface area contributed by atoms with Crippen LogP contribution in [-0.4, -0.2) is 31.3 Å². The van der Waals surface area contributed by atoms with Crippen LogP contribution >= 0.6 is 0 Å². The van der Waals surface area contributed by atoms with Crippen molar-refractivity contribution in [1.82, 2.24) is 5.32 Å². The summed E-state index contributed by atoms with van der Waals surface area (Å²) in [5.41, 5.74) is 6.06. The number of ether oxygens (including phenoxy) is 1. The summed E-state index contributed by atoms with van der Waals surface area (Å²) in [7, 11) is 0. The SMILES string of the molecule is CC1OCCC1(C)NCC1CCCCC1CN. The van der Waals surface area contributed by atoms with Gasteiger partial charge in [-0.2, -0.15) is 0 Å². The third-order valence-electron chi connectivity index (χ3n) is 5.02. The van der Waals surface area contributed by atoms with Crippen LogP contribution < -0.4 is 11.1 Å². The van der Waals surface area contributed by atoms with Gasteiger partial charge in [0, 0.05) is 12.1 Å². The molecule has 0 aromatic rings. The van der Waals surface area contributed by atoms with Crippen molar-refractivity contribution in [3.63, 3.8) is 0 Å². The first-order chi connectivity index (χ1) is 8.15. The molecule has 100 valence electrons. The standard InChI is InChI=1S/C14H28N2O/c1-11-14(2,7-8-17-11)16-10-13-6-4-3-5-12(13)9-15/h11-13,16H,3-10,15H2,1-2H3. The van der Waals surface area contributed by atoms with Gasteiger partial charge in [-0.25, -0.2) is 0 Å². The zero-order chi connectivity index (χ0) is 12.3. The minimum Gasteiger partial charge on any atom is -0.377 e. The van der Waals surface area contributed by atoms with Crippen molar-refractivity contribution in [2.75, 3.05) is 19.7 Å². The van der Waals surface area contributed by atoms with Gasteiger partial charge in [0.15, 0.2) is 0 Å². The van der Waals surface area contributed by atoms with E-state index in [2.05, 4.69) is 19.2 Å². The summed E-state index contributed by atoms with van der Waals surface area (Å²) >= 11 is 0. The molecule has 4 atom stereocenters. The summed E-state index contributed by atoms with van der Waals surface area (Å²) in [5, 5.41) is 3.76. The van der Waals surface area contributed by atoms with Crippen molar-refractivity contribution < 1.29 is 4.74 Å². The van der Waals surface area contributed by atoms with Crippen molar-refractivity contribution in [3.8, 4) is 0 Å². The first-order valence-electron chi connectivity index (χ1n) is 7.22. The van der Waals surface area contributed by atoms with Crippen LogP contribution in [0.25, 0.3) is 0 Å². The summed E-state index contributed by atoms with van der Waals surface area (Å²) in [6.07, 6.45) is 6.89. The minimum absolute atomic E-state index is 0.177. The molecule has 1 aliphatic heterocycles. The van der Waals surface area contributed by atoms with E-state index in [1.54, 1.807) is 0 Å². The average molecular weight is 240 g/mol. The highest BCUT2D eigenvalue weighted by Crippen LogP contribution is 2.31. The molecule has 3 heteroatoms. The summed E-state index contributed by atoms with van der Waals surface area (Å²) in [6, 6.07) is 0. The highest BCUT2D eigenvalue weighted by molar-refractivity contribution is 4.94. The highest BCUT2D eigenvalue weighted by Gasteiger charge is 2.37. The molecule has 4 unspecified atom stereocenters. The van der Waals surface area contributed by atoms with E-state index in [4.69, 9.17) is 10.5 Å². The lowest BCUT2D eigenvalue weighted by molar-refractivity contribution is 0.0840. The van der Waals surface area contributed by atoms with E-state index >= 15 is 0 Å². The van der Waals surface area contributed by atoms with Gasteiger partial charge in [-0.1, -0.05) is 12.8 Å². The molecule has 2 rings (SSSR count). The van der Waals surface area contributed by atoms with Crippen LogP contribution in [0.5, 0.6) is 0 Å². The van der Waals surface area contributed by atoms with Crippen LogP contribution in [0.4, 0.5) is 0 Å². The predicted molar refractivity (Wildman–Crippen MR) is 70.9 cm³/mol. The van der Waals surface area contributed by atoms with Crippen molar-refractivity contribution in [3.05, 3.63) is 0 Å². The minimum atomic E-state index is 0.177. The summed E-state index contributed by atoms with van der Waals surface area (Å²) in [4.78, 5) is 0. The molecule has 0 aromatic heterocycles. The van der Waals surface area contributed by atoms with E-state index in [-0.39, 0.29) is 5.54 Å². The van der Waals surface area contributed by atoms with Crippen LogP contribution in [-0.2, 0) is 4.74 Å². The van der Waals surface area contributed by atoms with Crippen LogP contribution in [0.15, 0.2) is 0 Å². The maximum Gasteiger partial charge on any atom is 0.0726 e. The molecule has 0 spiro atoms. The predicted octanol–water partition coefficient (Wildman–Crippen LogP) is 1.91. The number of hydrogen-bond donors (Lipinski definition) is 2. The van der Waals surface area contributed by atoms with Crippen molar-refractivity contribution >= 4 is 0 Å². The maximum absolute atomic E-state index is 5.89. The van der Waals surface area contributed by atoms with Gasteiger partial charge in [0.1, 0.15) is 0 Å². The maximum atomic E-state index is 5.89. The van der Waals surface area contributed by atoms with Crippen molar-refractivity contribution in [1.29, 1.82) is 0 Å². The molecular formula is C14H28N2O. The fourth-order valence-electron chi connectivity index (χ4n) is 3.29. The monoisotopic (exact) mass is 240 g/mol. The van der Waals surface area contributed by atoms with Gasteiger partial charge in [0.05, 0.1) is 6.10 Å². The van der Waals surface area contributed by atoms with Gasteiger partial charge in [0.25, 0.3) is 0 Å². The summed E-state index contributed by atoms with van der Waals surface area (Å²) in [6.45, 7) is 7.35. The first kappa shape index (κ1) is 13.3. The zero-order valence-electron chi connectivity index (χ0n) is 11.4. The molecule has 3 nitrogen and oxygen atoms in total. The molecule has 17 heavy (non-hydrogen) atoms. The molecule has 3 N–H and O–H groups in total. The Labute approximate surface area is 105 Å². The molecule has 1 heterocycles. The molecule has 0 aromatic carbocycles. The molecule has 1 saturated heterocycles. The molecule has 2 fully saturated rings. The third-order valence-corrected chi connectivity index (χ3v) is 5.02. The van der Waals surface area contributed by atoms with E-state index in [1.807, 2.05) is 0 Å². The molecular weight excluding hydrogens is 212 g/mol. The molecule has 1 saturated carbocycles. The fourth-order valence-corrected chi connectivity index (χ4v) is 3.29. The van der Waals surface area contributed by atoms with Crippen LogP contribution in [0, 0.1) is 11.8 Å². The van der Waals surface area contributed by atoms with Gasteiger partial charge >= 0.3 is 0 Å². The van der Waals surface area contributed by atoms with Crippen molar-refractivity contribution in [2.45, 2.75) is 57.6 Å². The van der Waals surface area contributed by atoms with Gasteiger partial charge in [-0.05, 0) is 58.0 Å². The Kier molecular flexibility index (Phi) is 4.45. The van der Waals surface area contributed by atoms with Crippen LogP contribution in [0.3, 0.4) is 0 Å². The topological polar surface area (TPSA) is 47.3 Å². The van der Waals surface area contributed by atoms with E-state index in [1.165, 1.54) is 25.7 Å². The van der Waals surface area contributed by atoms with Crippen LogP contribution in [0.2, 0.25) is 0 Å².